The minimum atomic E-state index is 0.0969. The molecule has 2 amide bonds. The summed E-state index contributed by atoms with van der Waals surface area (Å²) in [4.78, 5) is 32.3. The molecule has 2 saturated heterocycles. The number of hydrogen-bond donors (Lipinski definition) is 0. The Labute approximate surface area is 156 Å². The van der Waals surface area contributed by atoms with Crippen molar-refractivity contribution in [3.63, 3.8) is 0 Å². The summed E-state index contributed by atoms with van der Waals surface area (Å²) in [6, 6.07) is 6.46. The summed E-state index contributed by atoms with van der Waals surface area (Å²) < 4.78 is 0. The Morgan fingerprint density at radius 1 is 0.885 bits per heavy atom. The summed E-state index contributed by atoms with van der Waals surface area (Å²) in [5.41, 5.74) is 3.99. The number of benzene rings is 1. The van der Waals surface area contributed by atoms with Crippen LogP contribution in [-0.2, 0) is 9.59 Å². The summed E-state index contributed by atoms with van der Waals surface area (Å²) in [7, 11) is 0. The number of hydrogen-bond acceptors (Lipinski definition) is 4. The molecule has 26 heavy (non-hydrogen) atoms. The molecule has 0 saturated carbocycles. The molecule has 2 fully saturated rings. The van der Waals surface area contributed by atoms with Crippen molar-refractivity contribution in [1.29, 1.82) is 0 Å². The third-order valence-electron chi connectivity index (χ3n) is 5.73. The van der Waals surface area contributed by atoms with Gasteiger partial charge in [-0.3, -0.25) is 14.5 Å². The molecule has 1 aromatic rings. The van der Waals surface area contributed by atoms with Gasteiger partial charge in [0.2, 0.25) is 11.8 Å². The van der Waals surface area contributed by atoms with Gasteiger partial charge >= 0.3 is 0 Å². The summed E-state index contributed by atoms with van der Waals surface area (Å²) in [6.45, 7) is 12.8. The average Bonchev–Trinajstić information content (AvgIpc) is 2.65. The topological polar surface area (TPSA) is 47.1 Å². The Bertz CT molecular complexity index is 660. The standard InChI is InChI=1S/C20H30N4O2/c1-16-5-4-6-19(17(16)2)23-9-7-21(8-10-23)15-20(26)24-13-11-22(12-14-24)18(3)25/h4-6H,7-15H2,1-3H3. The number of anilines is 1. The molecular formula is C20H30N4O2. The van der Waals surface area contributed by atoms with Gasteiger partial charge in [0.25, 0.3) is 0 Å². The van der Waals surface area contributed by atoms with E-state index in [0.29, 0.717) is 32.7 Å². The fourth-order valence-electron chi connectivity index (χ4n) is 3.79. The SMILES string of the molecule is CC(=O)N1CCN(C(=O)CN2CCN(c3cccc(C)c3C)CC2)CC1. The highest BCUT2D eigenvalue weighted by Crippen LogP contribution is 2.23. The van der Waals surface area contributed by atoms with Crippen LogP contribution in [0.4, 0.5) is 5.69 Å². The number of carbonyl (C=O) groups is 2. The number of aryl methyl sites for hydroxylation is 1. The molecule has 2 heterocycles. The molecule has 0 aliphatic carbocycles. The summed E-state index contributed by atoms with van der Waals surface area (Å²) in [6.07, 6.45) is 0. The van der Waals surface area contributed by atoms with Crippen molar-refractivity contribution in [2.24, 2.45) is 0 Å². The quantitative estimate of drug-likeness (QED) is 0.812. The molecule has 0 bridgehead atoms. The Hall–Kier alpha value is -2.08. The maximum atomic E-state index is 12.6. The molecule has 6 heteroatoms. The lowest BCUT2D eigenvalue weighted by Gasteiger charge is -2.39. The van der Waals surface area contributed by atoms with Gasteiger partial charge in [-0.2, -0.15) is 0 Å². The number of piperazine rings is 2. The van der Waals surface area contributed by atoms with Crippen molar-refractivity contribution in [3.8, 4) is 0 Å². The van der Waals surface area contributed by atoms with Crippen molar-refractivity contribution >= 4 is 17.5 Å². The first-order chi connectivity index (χ1) is 12.5. The highest BCUT2D eigenvalue weighted by atomic mass is 16.2. The molecule has 0 N–H and O–H groups in total. The molecule has 1 aromatic carbocycles. The van der Waals surface area contributed by atoms with Gasteiger partial charge in [0.1, 0.15) is 0 Å². The van der Waals surface area contributed by atoms with E-state index in [4.69, 9.17) is 0 Å². The highest BCUT2D eigenvalue weighted by molar-refractivity contribution is 5.79. The number of carbonyl (C=O) groups excluding carboxylic acids is 2. The third-order valence-corrected chi connectivity index (χ3v) is 5.73. The number of nitrogens with zero attached hydrogens (tertiary/aromatic N) is 4. The lowest BCUT2D eigenvalue weighted by Crippen LogP contribution is -2.54. The molecule has 0 spiro atoms. The third kappa shape index (κ3) is 4.18. The molecular weight excluding hydrogens is 328 g/mol. The van der Waals surface area contributed by atoms with Crippen molar-refractivity contribution in [2.75, 3.05) is 63.8 Å². The maximum absolute atomic E-state index is 12.6. The van der Waals surface area contributed by atoms with Crippen LogP contribution in [0.15, 0.2) is 18.2 Å². The van der Waals surface area contributed by atoms with E-state index < -0.39 is 0 Å². The van der Waals surface area contributed by atoms with E-state index in [2.05, 4.69) is 41.8 Å². The van der Waals surface area contributed by atoms with Crippen LogP contribution in [0.3, 0.4) is 0 Å². The number of rotatable bonds is 3. The van der Waals surface area contributed by atoms with Gasteiger partial charge in [-0.25, -0.2) is 0 Å². The second kappa shape index (κ2) is 8.08. The average molecular weight is 358 g/mol. The predicted octanol–water partition coefficient (Wildman–Crippen LogP) is 1.12. The van der Waals surface area contributed by atoms with Crippen LogP contribution in [0.25, 0.3) is 0 Å². The molecule has 6 nitrogen and oxygen atoms in total. The van der Waals surface area contributed by atoms with E-state index >= 15 is 0 Å². The van der Waals surface area contributed by atoms with Crippen molar-refractivity contribution in [2.45, 2.75) is 20.8 Å². The summed E-state index contributed by atoms with van der Waals surface area (Å²) in [5.74, 6) is 0.285. The fraction of sp³-hybridized carbons (Fsp3) is 0.600. The van der Waals surface area contributed by atoms with Crippen LogP contribution < -0.4 is 4.90 Å². The van der Waals surface area contributed by atoms with Gasteiger partial charge < -0.3 is 14.7 Å². The van der Waals surface area contributed by atoms with E-state index in [1.165, 1.54) is 16.8 Å². The molecule has 0 atom stereocenters. The fourth-order valence-corrected chi connectivity index (χ4v) is 3.79. The summed E-state index contributed by atoms with van der Waals surface area (Å²) in [5, 5.41) is 0. The van der Waals surface area contributed by atoms with Crippen LogP contribution in [0, 0.1) is 13.8 Å². The Balaban J connectivity index is 1.47. The molecule has 0 unspecified atom stereocenters. The zero-order valence-electron chi connectivity index (χ0n) is 16.2. The maximum Gasteiger partial charge on any atom is 0.236 e. The lowest BCUT2D eigenvalue weighted by molar-refractivity contribution is -0.139. The second-order valence-electron chi connectivity index (χ2n) is 7.37. The Kier molecular flexibility index (Phi) is 5.81. The zero-order valence-corrected chi connectivity index (χ0v) is 16.2. The van der Waals surface area contributed by atoms with Gasteiger partial charge in [0.15, 0.2) is 0 Å². The van der Waals surface area contributed by atoms with E-state index in [1.807, 2.05) is 9.80 Å². The minimum Gasteiger partial charge on any atom is -0.369 e. The molecule has 0 aromatic heterocycles. The van der Waals surface area contributed by atoms with Crippen LogP contribution >= 0.6 is 0 Å². The lowest BCUT2D eigenvalue weighted by atomic mass is 10.1. The molecule has 2 aliphatic rings. The van der Waals surface area contributed by atoms with Crippen LogP contribution in [0.2, 0.25) is 0 Å². The van der Waals surface area contributed by atoms with Gasteiger partial charge in [-0.05, 0) is 31.0 Å². The molecule has 142 valence electrons. The van der Waals surface area contributed by atoms with Crippen molar-refractivity contribution in [1.82, 2.24) is 14.7 Å². The van der Waals surface area contributed by atoms with E-state index in [1.54, 1.807) is 6.92 Å². The van der Waals surface area contributed by atoms with Crippen LogP contribution in [0.1, 0.15) is 18.1 Å². The normalized spacial score (nSPS) is 19.0. The van der Waals surface area contributed by atoms with E-state index in [9.17, 15) is 9.59 Å². The van der Waals surface area contributed by atoms with Gasteiger partial charge in [-0.15, -0.1) is 0 Å². The van der Waals surface area contributed by atoms with Crippen molar-refractivity contribution in [3.05, 3.63) is 29.3 Å². The smallest absolute Gasteiger partial charge is 0.236 e. The van der Waals surface area contributed by atoms with E-state index in [-0.39, 0.29) is 11.8 Å². The van der Waals surface area contributed by atoms with Crippen molar-refractivity contribution < 1.29 is 9.59 Å². The molecule has 0 radical (unpaired) electrons. The van der Waals surface area contributed by atoms with Gasteiger partial charge in [0, 0.05) is 65.0 Å². The first-order valence-corrected chi connectivity index (χ1v) is 9.52. The highest BCUT2D eigenvalue weighted by Gasteiger charge is 2.25. The summed E-state index contributed by atoms with van der Waals surface area (Å²) >= 11 is 0. The first-order valence-electron chi connectivity index (χ1n) is 9.52. The minimum absolute atomic E-state index is 0.0969. The molecule has 3 rings (SSSR count). The van der Waals surface area contributed by atoms with Crippen LogP contribution in [0.5, 0.6) is 0 Å². The molecule has 2 aliphatic heterocycles. The monoisotopic (exact) mass is 358 g/mol. The first kappa shape index (κ1) is 18.7. The predicted molar refractivity (Wildman–Crippen MR) is 103 cm³/mol. The van der Waals surface area contributed by atoms with Gasteiger partial charge in [-0.1, -0.05) is 12.1 Å². The van der Waals surface area contributed by atoms with Gasteiger partial charge in [0.05, 0.1) is 6.54 Å². The number of amides is 2. The second-order valence-corrected chi connectivity index (χ2v) is 7.37. The Morgan fingerprint density at radius 2 is 1.50 bits per heavy atom. The Morgan fingerprint density at radius 3 is 2.12 bits per heavy atom. The van der Waals surface area contributed by atoms with Crippen LogP contribution in [-0.4, -0.2) is 85.4 Å². The zero-order chi connectivity index (χ0) is 18.7. The largest absolute Gasteiger partial charge is 0.369 e. The van der Waals surface area contributed by atoms with E-state index in [0.717, 1.165) is 26.2 Å².